The van der Waals surface area contributed by atoms with E-state index in [1.54, 1.807) is 29.2 Å². The molecule has 38 heavy (non-hydrogen) atoms. The topological polar surface area (TPSA) is 98.7 Å². The highest BCUT2D eigenvalue weighted by Crippen LogP contribution is 2.34. The highest BCUT2D eigenvalue weighted by atomic mass is 32.2. The van der Waals surface area contributed by atoms with E-state index in [-0.39, 0.29) is 19.1 Å². The molecule has 7 nitrogen and oxygen atoms in total. The third-order valence-electron chi connectivity index (χ3n) is 6.38. The van der Waals surface area contributed by atoms with Crippen molar-refractivity contribution in [3.05, 3.63) is 89.0 Å². The first-order valence-electron chi connectivity index (χ1n) is 12.0. The number of sulfonamides is 1. The molecule has 3 aromatic rings. The van der Waals surface area contributed by atoms with Crippen LogP contribution in [-0.4, -0.2) is 43.9 Å². The van der Waals surface area contributed by atoms with Crippen molar-refractivity contribution in [2.75, 3.05) is 24.1 Å². The van der Waals surface area contributed by atoms with E-state index in [0.717, 1.165) is 35.1 Å². The number of fused-ring (bicyclic) bond motifs is 1. The Balaban J connectivity index is 1.50. The second kappa shape index (κ2) is 11.0. The second-order valence-electron chi connectivity index (χ2n) is 9.20. The zero-order valence-corrected chi connectivity index (χ0v) is 21.4. The van der Waals surface area contributed by atoms with Crippen molar-refractivity contribution in [2.45, 2.75) is 31.6 Å². The number of benzene rings is 3. The standard InChI is InChI=1S/C27H28F3N3O4S/c1-38(36,37)32-22-6-2-4-19(16-22)25(13-15-34)31-26(35)33-14-12-24-20(17-33)5-3-7-23(24)18-8-10-21(11-9-18)27(28,29)30/h2-11,16,25,32,34H,12-15,17H2,1H3,(H,31,35)/t25-/m0/s1. The van der Waals surface area contributed by atoms with Crippen LogP contribution in [0.3, 0.4) is 0 Å². The monoisotopic (exact) mass is 547 g/mol. The number of rotatable bonds is 7. The van der Waals surface area contributed by atoms with Crippen molar-refractivity contribution < 1.29 is 31.5 Å². The smallest absolute Gasteiger partial charge is 0.396 e. The van der Waals surface area contributed by atoms with Crippen molar-refractivity contribution in [1.82, 2.24) is 10.2 Å². The molecular formula is C27H28F3N3O4S. The summed E-state index contributed by atoms with van der Waals surface area (Å²) in [4.78, 5) is 14.8. The maximum Gasteiger partial charge on any atom is 0.416 e. The van der Waals surface area contributed by atoms with Crippen molar-refractivity contribution in [2.24, 2.45) is 0 Å². The third kappa shape index (κ3) is 6.65. The summed E-state index contributed by atoms with van der Waals surface area (Å²) in [6.07, 6.45) is -2.60. The fraction of sp³-hybridized carbons (Fsp3) is 0.296. The van der Waals surface area contributed by atoms with Crippen molar-refractivity contribution in [3.8, 4) is 11.1 Å². The molecule has 0 radical (unpaired) electrons. The van der Waals surface area contributed by atoms with Crippen LogP contribution in [0.4, 0.5) is 23.7 Å². The van der Waals surface area contributed by atoms with E-state index in [1.165, 1.54) is 12.1 Å². The summed E-state index contributed by atoms with van der Waals surface area (Å²) in [5.41, 5.74) is 3.70. The molecule has 11 heteroatoms. The fourth-order valence-electron chi connectivity index (χ4n) is 4.62. The summed E-state index contributed by atoms with van der Waals surface area (Å²) < 4.78 is 64.5. The molecule has 3 aromatic carbocycles. The Morgan fingerprint density at radius 2 is 1.79 bits per heavy atom. The average molecular weight is 548 g/mol. The molecule has 202 valence electrons. The van der Waals surface area contributed by atoms with E-state index in [0.29, 0.717) is 36.3 Å². The maximum absolute atomic E-state index is 13.2. The van der Waals surface area contributed by atoms with Crippen LogP contribution >= 0.6 is 0 Å². The van der Waals surface area contributed by atoms with Gasteiger partial charge in [0.1, 0.15) is 0 Å². The lowest BCUT2D eigenvalue weighted by molar-refractivity contribution is -0.137. The number of urea groups is 1. The fourth-order valence-corrected chi connectivity index (χ4v) is 5.17. The molecular weight excluding hydrogens is 519 g/mol. The Morgan fingerprint density at radius 1 is 1.08 bits per heavy atom. The molecule has 1 aliphatic heterocycles. The molecule has 1 atom stereocenters. The number of hydrogen-bond donors (Lipinski definition) is 3. The first-order chi connectivity index (χ1) is 17.9. The lowest BCUT2D eigenvalue weighted by atomic mass is 9.90. The normalized spacial score (nSPS) is 14.5. The summed E-state index contributed by atoms with van der Waals surface area (Å²) >= 11 is 0. The Morgan fingerprint density at radius 3 is 2.45 bits per heavy atom. The van der Waals surface area contributed by atoms with Crippen LogP contribution in [0.15, 0.2) is 66.7 Å². The zero-order valence-electron chi connectivity index (χ0n) is 20.6. The highest BCUT2D eigenvalue weighted by molar-refractivity contribution is 7.92. The molecule has 0 spiro atoms. The zero-order chi connectivity index (χ0) is 27.5. The number of halogens is 3. The third-order valence-corrected chi connectivity index (χ3v) is 6.99. The lowest BCUT2D eigenvalue weighted by Gasteiger charge is -2.32. The van der Waals surface area contributed by atoms with Crippen molar-refractivity contribution in [3.63, 3.8) is 0 Å². The van der Waals surface area contributed by atoms with Crippen LogP contribution in [0.1, 0.15) is 34.7 Å². The predicted molar refractivity (Wildman–Crippen MR) is 139 cm³/mol. The van der Waals surface area contributed by atoms with Crippen LogP contribution in [-0.2, 0) is 29.2 Å². The number of carbonyl (C=O) groups excluding carboxylic acids is 1. The number of alkyl halides is 3. The largest absolute Gasteiger partial charge is 0.416 e. The maximum atomic E-state index is 13.2. The minimum atomic E-state index is -4.40. The van der Waals surface area contributed by atoms with Gasteiger partial charge < -0.3 is 15.3 Å². The Hall–Kier alpha value is -3.57. The molecule has 0 aromatic heterocycles. The van der Waals surface area contributed by atoms with E-state index in [1.807, 2.05) is 18.2 Å². The Bertz CT molecular complexity index is 1410. The predicted octanol–water partition coefficient (Wildman–Crippen LogP) is 4.94. The van der Waals surface area contributed by atoms with Crippen LogP contribution in [0, 0.1) is 0 Å². The lowest BCUT2D eigenvalue weighted by Crippen LogP contribution is -2.44. The van der Waals surface area contributed by atoms with Crippen LogP contribution < -0.4 is 10.0 Å². The van der Waals surface area contributed by atoms with Gasteiger partial charge in [0, 0.05) is 25.4 Å². The summed E-state index contributed by atoms with van der Waals surface area (Å²) in [5, 5.41) is 12.5. The quantitative estimate of drug-likeness (QED) is 0.391. The van der Waals surface area contributed by atoms with E-state index in [2.05, 4.69) is 10.0 Å². The van der Waals surface area contributed by atoms with E-state index < -0.39 is 27.8 Å². The second-order valence-corrected chi connectivity index (χ2v) is 11.0. The van der Waals surface area contributed by atoms with Gasteiger partial charge in [-0.25, -0.2) is 13.2 Å². The molecule has 1 heterocycles. The minimum Gasteiger partial charge on any atom is -0.396 e. The summed E-state index contributed by atoms with van der Waals surface area (Å²) in [6, 6.07) is 16.4. The molecule has 0 fully saturated rings. The van der Waals surface area contributed by atoms with E-state index in [9.17, 15) is 31.5 Å². The molecule has 0 aliphatic carbocycles. The number of anilines is 1. The van der Waals surface area contributed by atoms with Crippen LogP contribution in [0.2, 0.25) is 0 Å². The SMILES string of the molecule is CS(=O)(=O)Nc1cccc([C@H](CCO)NC(=O)N2CCc3c(cccc3-c3ccc(C(F)(F)F)cc3)C2)c1. The van der Waals surface area contributed by atoms with Crippen LogP contribution in [0.25, 0.3) is 11.1 Å². The van der Waals surface area contributed by atoms with Gasteiger partial charge in [-0.3, -0.25) is 4.72 Å². The molecule has 2 amide bonds. The number of nitrogens with one attached hydrogen (secondary N) is 2. The van der Waals surface area contributed by atoms with Gasteiger partial charge in [-0.15, -0.1) is 0 Å². The number of nitrogens with zero attached hydrogens (tertiary/aromatic N) is 1. The minimum absolute atomic E-state index is 0.187. The highest BCUT2D eigenvalue weighted by Gasteiger charge is 2.30. The van der Waals surface area contributed by atoms with Crippen molar-refractivity contribution in [1.29, 1.82) is 0 Å². The molecule has 0 bridgehead atoms. The molecule has 0 saturated carbocycles. The van der Waals surface area contributed by atoms with Crippen molar-refractivity contribution >= 4 is 21.7 Å². The van der Waals surface area contributed by atoms with Gasteiger partial charge in [-0.2, -0.15) is 13.2 Å². The first kappa shape index (κ1) is 27.5. The first-order valence-corrected chi connectivity index (χ1v) is 13.9. The summed E-state index contributed by atoms with van der Waals surface area (Å²) in [6.45, 7) is 0.531. The van der Waals surface area contributed by atoms with Gasteiger partial charge >= 0.3 is 12.2 Å². The van der Waals surface area contributed by atoms with Crippen LogP contribution in [0.5, 0.6) is 0 Å². The van der Waals surface area contributed by atoms with Gasteiger partial charge in [0.15, 0.2) is 0 Å². The number of amides is 2. The molecule has 0 unspecified atom stereocenters. The molecule has 4 rings (SSSR count). The van der Waals surface area contributed by atoms with Gasteiger partial charge in [-0.05, 0) is 64.9 Å². The summed E-state index contributed by atoms with van der Waals surface area (Å²) in [7, 11) is -3.48. The molecule has 0 saturated heterocycles. The number of hydrogen-bond acceptors (Lipinski definition) is 4. The number of aliphatic hydroxyl groups is 1. The van der Waals surface area contributed by atoms with Gasteiger partial charge in [0.25, 0.3) is 0 Å². The van der Waals surface area contributed by atoms with Gasteiger partial charge in [0.05, 0.1) is 17.9 Å². The summed E-state index contributed by atoms with van der Waals surface area (Å²) in [5.74, 6) is 0. The number of carbonyl (C=O) groups is 1. The Labute approximate surface area is 219 Å². The van der Waals surface area contributed by atoms with E-state index >= 15 is 0 Å². The van der Waals surface area contributed by atoms with Gasteiger partial charge in [-0.1, -0.05) is 42.5 Å². The Kier molecular flexibility index (Phi) is 7.98. The molecule has 1 aliphatic rings. The van der Waals surface area contributed by atoms with Gasteiger partial charge in [0.2, 0.25) is 10.0 Å². The average Bonchev–Trinajstić information content (AvgIpc) is 2.86. The van der Waals surface area contributed by atoms with E-state index in [4.69, 9.17) is 0 Å². The molecule has 3 N–H and O–H groups in total. The number of aliphatic hydroxyl groups excluding tert-OH is 1.